The lowest BCUT2D eigenvalue weighted by Crippen LogP contribution is -2.23. The molecule has 1 aromatic heterocycles. The summed E-state index contributed by atoms with van der Waals surface area (Å²) in [5.41, 5.74) is 7.14. The molecule has 21 heavy (non-hydrogen) atoms. The van der Waals surface area contributed by atoms with Gasteiger partial charge in [-0.15, -0.1) is 0 Å². The van der Waals surface area contributed by atoms with Crippen LogP contribution < -0.4 is 10.5 Å². The van der Waals surface area contributed by atoms with E-state index in [4.69, 9.17) is 18.0 Å². The molecule has 1 aromatic carbocycles. The number of pyridine rings is 1. The van der Waals surface area contributed by atoms with Crippen LogP contribution in [-0.2, 0) is 23.0 Å². The number of nitrogens with zero attached hydrogens (tertiary/aromatic N) is 1. The van der Waals surface area contributed by atoms with Crippen molar-refractivity contribution < 1.29 is 8.42 Å². The molecule has 0 unspecified atom stereocenters. The number of nitrogens with two attached hydrogens (primary N) is 1. The Labute approximate surface area is 129 Å². The molecule has 0 amide bonds. The molecule has 110 valence electrons. The van der Waals surface area contributed by atoms with Crippen LogP contribution in [0.25, 0.3) is 0 Å². The van der Waals surface area contributed by atoms with Crippen molar-refractivity contribution >= 4 is 27.2 Å². The molecule has 0 atom stereocenters. The molecule has 2 rings (SSSR count). The highest BCUT2D eigenvalue weighted by atomic mass is 32.2. The predicted molar refractivity (Wildman–Crippen MR) is 85.2 cm³/mol. The molecule has 3 N–H and O–H groups in total. The lowest BCUT2D eigenvalue weighted by molar-refractivity contribution is 0.581. The van der Waals surface area contributed by atoms with Gasteiger partial charge in [0.1, 0.15) is 0 Å². The lowest BCUT2D eigenvalue weighted by Gasteiger charge is -2.07. The Morgan fingerprint density at radius 1 is 1.19 bits per heavy atom. The van der Waals surface area contributed by atoms with Gasteiger partial charge in [0, 0.05) is 25.4 Å². The average Bonchev–Trinajstić information content (AvgIpc) is 2.46. The Bertz CT molecular complexity index is 714. The quantitative estimate of drug-likeness (QED) is 0.785. The van der Waals surface area contributed by atoms with Crippen LogP contribution in [0.4, 0.5) is 0 Å². The second-order valence-corrected chi connectivity index (χ2v) is 6.76. The minimum Gasteiger partial charge on any atom is -0.393 e. The number of nitrogens with one attached hydrogen (secondary N) is 1. The molecular weight excluding hydrogens is 306 g/mol. The molecule has 0 spiro atoms. The van der Waals surface area contributed by atoms with Gasteiger partial charge in [0.25, 0.3) is 0 Å². The third-order valence-corrected chi connectivity index (χ3v) is 4.36. The van der Waals surface area contributed by atoms with E-state index < -0.39 is 10.0 Å². The summed E-state index contributed by atoms with van der Waals surface area (Å²) in [5.74, 6) is 0. The Balaban J connectivity index is 2.07. The fourth-order valence-electron chi connectivity index (χ4n) is 1.75. The van der Waals surface area contributed by atoms with E-state index in [0.717, 1.165) is 11.1 Å². The summed E-state index contributed by atoms with van der Waals surface area (Å²) < 4.78 is 26.8. The first-order valence-electron chi connectivity index (χ1n) is 6.23. The number of rotatable bonds is 6. The van der Waals surface area contributed by atoms with Crippen molar-refractivity contribution in [1.82, 2.24) is 9.71 Å². The Kier molecular flexibility index (Phi) is 5.00. The SMILES string of the molecule is NC(=S)Cc1ccc(S(=O)(=O)NCc2cccnc2)cc1. The fraction of sp³-hybridized carbons (Fsp3) is 0.143. The van der Waals surface area contributed by atoms with E-state index in [2.05, 4.69) is 9.71 Å². The molecule has 7 heteroatoms. The van der Waals surface area contributed by atoms with Crippen LogP contribution >= 0.6 is 12.2 Å². The predicted octanol–water partition coefficient (Wildman–Crippen LogP) is 1.39. The van der Waals surface area contributed by atoms with E-state index in [1.807, 2.05) is 0 Å². The van der Waals surface area contributed by atoms with Crippen LogP contribution in [-0.4, -0.2) is 18.4 Å². The van der Waals surface area contributed by atoms with Crippen LogP contribution in [0.1, 0.15) is 11.1 Å². The Morgan fingerprint density at radius 3 is 2.48 bits per heavy atom. The maximum atomic E-state index is 12.2. The monoisotopic (exact) mass is 321 g/mol. The topological polar surface area (TPSA) is 85.1 Å². The van der Waals surface area contributed by atoms with Crippen molar-refractivity contribution in [3.8, 4) is 0 Å². The average molecular weight is 321 g/mol. The van der Waals surface area contributed by atoms with Gasteiger partial charge in [-0.3, -0.25) is 4.98 Å². The number of aromatic nitrogens is 1. The summed E-state index contributed by atoms with van der Waals surface area (Å²) in [7, 11) is -3.55. The number of hydrogen-bond donors (Lipinski definition) is 2. The van der Waals surface area contributed by atoms with E-state index in [9.17, 15) is 8.42 Å². The zero-order valence-corrected chi connectivity index (χ0v) is 12.8. The van der Waals surface area contributed by atoms with Crippen LogP contribution in [0.15, 0.2) is 53.7 Å². The van der Waals surface area contributed by atoms with Gasteiger partial charge in [-0.2, -0.15) is 0 Å². The largest absolute Gasteiger partial charge is 0.393 e. The molecule has 0 fully saturated rings. The van der Waals surface area contributed by atoms with E-state index in [0.29, 0.717) is 11.4 Å². The summed E-state index contributed by atoms with van der Waals surface area (Å²) in [5, 5.41) is 0. The maximum absolute atomic E-state index is 12.2. The van der Waals surface area contributed by atoms with Gasteiger partial charge in [-0.25, -0.2) is 13.1 Å². The Hall–Kier alpha value is -1.83. The van der Waals surface area contributed by atoms with Gasteiger partial charge in [-0.1, -0.05) is 30.4 Å². The number of thiocarbonyl (C=S) groups is 1. The third kappa shape index (κ3) is 4.59. The first-order chi connectivity index (χ1) is 9.97. The molecule has 0 aliphatic rings. The summed E-state index contributed by atoms with van der Waals surface area (Å²) in [6.45, 7) is 0.199. The first kappa shape index (κ1) is 15.6. The lowest BCUT2D eigenvalue weighted by atomic mass is 10.1. The van der Waals surface area contributed by atoms with Crippen LogP contribution in [0.2, 0.25) is 0 Å². The molecule has 0 aliphatic heterocycles. The molecule has 5 nitrogen and oxygen atoms in total. The summed E-state index contributed by atoms with van der Waals surface area (Å²) in [6.07, 6.45) is 3.71. The first-order valence-corrected chi connectivity index (χ1v) is 8.12. The highest BCUT2D eigenvalue weighted by Crippen LogP contribution is 2.11. The minimum absolute atomic E-state index is 0.199. The molecule has 1 heterocycles. The van der Waals surface area contributed by atoms with Crippen LogP contribution in [0.5, 0.6) is 0 Å². The molecule has 0 saturated heterocycles. The number of benzene rings is 1. The second-order valence-electron chi connectivity index (χ2n) is 4.47. The van der Waals surface area contributed by atoms with Crippen molar-refractivity contribution in [2.24, 2.45) is 5.73 Å². The van der Waals surface area contributed by atoms with Gasteiger partial charge in [0.05, 0.1) is 9.88 Å². The number of hydrogen-bond acceptors (Lipinski definition) is 4. The zero-order chi connectivity index (χ0) is 15.3. The van der Waals surface area contributed by atoms with Gasteiger partial charge >= 0.3 is 0 Å². The van der Waals surface area contributed by atoms with E-state index in [-0.39, 0.29) is 11.4 Å². The molecule has 0 bridgehead atoms. The normalized spacial score (nSPS) is 11.2. The van der Waals surface area contributed by atoms with Crippen molar-refractivity contribution in [3.05, 3.63) is 59.9 Å². The van der Waals surface area contributed by atoms with Gasteiger partial charge in [0.2, 0.25) is 10.0 Å². The van der Waals surface area contributed by atoms with E-state index in [1.165, 1.54) is 0 Å². The molecule has 0 radical (unpaired) electrons. The smallest absolute Gasteiger partial charge is 0.240 e. The van der Waals surface area contributed by atoms with E-state index >= 15 is 0 Å². The molecular formula is C14H15N3O2S2. The fourth-order valence-corrected chi connectivity index (χ4v) is 2.94. The minimum atomic E-state index is -3.55. The maximum Gasteiger partial charge on any atom is 0.240 e. The van der Waals surface area contributed by atoms with Gasteiger partial charge in [-0.05, 0) is 29.3 Å². The molecule has 2 aromatic rings. The Morgan fingerprint density at radius 2 is 1.90 bits per heavy atom. The number of sulfonamides is 1. The van der Waals surface area contributed by atoms with Crippen molar-refractivity contribution in [2.75, 3.05) is 0 Å². The zero-order valence-electron chi connectivity index (χ0n) is 11.2. The van der Waals surface area contributed by atoms with Crippen molar-refractivity contribution in [2.45, 2.75) is 17.9 Å². The summed E-state index contributed by atoms with van der Waals surface area (Å²) in [4.78, 5) is 4.52. The highest BCUT2D eigenvalue weighted by molar-refractivity contribution is 7.89. The standard InChI is InChI=1S/C14H15N3O2S2/c15-14(20)8-11-3-5-13(6-4-11)21(18,19)17-10-12-2-1-7-16-9-12/h1-7,9,17H,8,10H2,(H2,15,20). The summed E-state index contributed by atoms with van der Waals surface area (Å²) in [6, 6.07) is 10.1. The van der Waals surface area contributed by atoms with Gasteiger partial charge < -0.3 is 5.73 Å². The highest BCUT2D eigenvalue weighted by Gasteiger charge is 2.13. The molecule has 0 aliphatic carbocycles. The second kappa shape index (κ2) is 6.75. The van der Waals surface area contributed by atoms with Gasteiger partial charge in [0.15, 0.2) is 0 Å². The van der Waals surface area contributed by atoms with Crippen LogP contribution in [0, 0.1) is 0 Å². The molecule has 0 saturated carbocycles. The van der Waals surface area contributed by atoms with E-state index in [1.54, 1.807) is 48.8 Å². The summed E-state index contributed by atoms with van der Waals surface area (Å²) >= 11 is 4.82. The van der Waals surface area contributed by atoms with Crippen molar-refractivity contribution in [1.29, 1.82) is 0 Å². The third-order valence-electron chi connectivity index (χ3n) is 2.80. The van der Waals surface area contributed by atoms with Crippen LogP contribution in [0.3, 0.4) is 0 Å². The van der Waals surface area contributed by atoms with Crippen molar-refractivity contribution in [3.63, 3.8) is 0 Å².